The lowest BCUT2D eigenvalue weighted by Gasteiger charge is -2.09. The molecule has 0 radical (unpaired) electrons. The monoisotopic (exact) mass is 272 g/mol. The van der Waals surface area contributed by atoms with Crippen LogP contribution in [0.5, 0.6) is 0 Å². The number of hydrogen-bond acceptors (Lipinski definition) is 3. The first kappa shape index (κ1) is 14.1. The Hall–Kier alpha value is -2.30. The standard InChI is InChI=1S/C15H20N4O/c1-10(2)12-4-6-13(7-5-12)17-15(20)9-19-11(3)8-14(16)18-19/h4-8,10H,9H2,1-3H3,(H2,16,18)(H,17,20). The van der Waals surface area contributed by atoms with Gasteiger partial charge < -0.3 is 11.1 Å². The number of rotatable bonds is 4. The summed E-state index contributed by atoms with van der Waals surface area (Å²) in [4.78, 5) is 11.9. The molecular formula is C15H20N4O. The minimum Gasteiger partial charge on any atom is -0.382 e. The highest BCUT2D eigenvalue weighted by Crippen LogP contribution is 2.17. The first-order valence-electron chi connectivity index (χ1n) is 6.65. The first-order valence-corrected chi connectivity index (χ1v) is 6.65. The van der Waals surface area contributed by atoms with Crippen molar-refractivity contribution in [2.24, 2.45) is 0 Å². The van der Waals surface area contributed by atoms with E-state index < -0.39 is 0 Å². The van der Waals surface area contributed by atoms with Crippen LogP contribution < -0.4 is 11.1 Å². The topological polar surface area (TPSA) is 72.9 Å². The lowest BCUT2D eigenvalue weighted by Crippen LogP contribution is -2.20. The van der Waals surface area contributed by atoms with Gasteiger partial charge in [0.05, 0.1) is 0 Å². The normalized spacial score (nSPS) is 10.8. The molecule has 2 rings (SSSR count). The number of nitrogens with one attached hydrogen (secondary N) is 1. The molecule has 0 saturated heterocycles. The third kappa shape index (κ3) is 3.38. The van der Waals surface area contributed by atoms with Gasteiger partial charge in [-0.05, 0) is 30.5 Å². The number of anilines is 2. The number of benzene rings is 1. The molecule has 1 aromatic heterocycles. The van der Waals surface area contributed by atoms with Crippen LogP contribution in [0.1, 0.15) is 31.0 Å². The Morgan fingerprint density at radius 2 is 2.00 bits per heavy atom. The van der Waals surface area contributed by atoms with Crippen LogP contribution in [0.2, 0.25) is 0 Å². The van der Waals surface area contributed by atoms with Crippen molar-refractivity contribution in [2.45, 2.75) is 33.2 Å². The zero-order chi connectivity index (χ0) is 14.7. The molecule has 0 aliphatic carbocycles. The Morgan fingerprint density at radius 3 is 2.50 bits per heavy atom. The van der Waals surface area contributed by atoms with Gasteiger partial charge in [0.25, 0.3) is 0 Å². The second-order valence-electron chi connectivity index (χ2n) is 5.19. The Kier molecular flexibility index (Phi) is 4.08. The zero-order valence-electron chi connectivity index (χ0n) is 12.1. The quantitative estimate of drug-likeness (QED) is 0.898. The van der Waals surface area contributed by atoms with Crippen LogP contribution >= 0.6 is 0 Å². The highest BCUT2D eigenvalue weighted by atomic mass is 16.2. The highest BCUT2D eigenvalue weighted by molar-refractivity contribution is 5.90. The Morgan fingerprint density at radius 1 is 1.35 bits per heavy atom. The van der Waals surface area contributed by atoms with E-state index in [1.165, 1.54) is 5.56 Å². The van der Waals surface area contributed by atoms with Gasteiger partial charge in [-0.2, -0.15) is 5.10 Å². The molecule has 0 atom stereocenters. The number of hydrogen-bond donors (Lipinski definition) is 2. The van der Waals surface area contributed by atoms with Crippen molar-refractivity contribution >= 4 is 17.4 Å². The molecule has 0 saturated carbocycles. The number of nitrogens with zero attached hydrogens (tertiary/aromatic N) is 2. The molecule has 20 heavy (non-hydrogen) atoms. The second kappa shape index (κ2) is 5.77. The molecule has 5 nitrogen and oxygen atoms in total. The number of aryl methyl sites for hydroxylation is 1. The third-order valence-corrected chi connectivity index (χ3v) is 3.15. The van der Waals surface area contributed by atoms with Crippen LogP contribution in [0.3, 0.4) is 0 Å². The van der Waals surface area contributed by atoms with Crippen molar-refractivity contribution in [2.75, 3.05) is 11.1 Å². The number of carbonyl (C=O) groups excluding carboxylic acids is 1. The van der Waals surface area contributed by atoms with Gasteiger partial charge in [0, 0.05) is 17.4 Å². The number of aromatic nitrogens is 2. The predicted octanol–water partition coefficient (Wildman–Crippen LogP) is 2.54. The number of nitrogens with two attached hydrogens (primary N) is 1. The Bertz CT molecular complexity index is 599. The lowest BCUT2D eigenvalue weighted by molar-refractivity contribution is -0.116. The van der Waals surface area contributed by atoms with Gasteiger partial charge in [-0.3, -0.25) is 9.48 Å². The molecule has 5 heteroatoms. The van der Waals surface area contributed by atoms with Crippen LogP contribution in [0, 0.1) is 6.92 Å². The van der Waals surface area contributed by atoms with Gasteiger partial charge in [-0.15, -0.1) is 0 Å². The molecule has 1 amide bonds. The van der Waals surface area contributed by atoms with Crippen molar-refractivity contribution < 1.29 is 4.79 Å². The smallest absolute Gasteiger partial charge is 0.246 e. The summed E-state index contributed by atoms with van der Waals surface area (Å²) in [5, 5.41) is 6.92. The van der Waals surface area contributed by atoms with Gasteiger partial charge in [0.2, 0.25) is 5.91 Å². The van der Waals surface area contributed by atoms with E-state index in [1.54, 1.807) is 10.7 Å². The van der Waals surface area contributed by atoms with Crippen LogP contribution in [-0.4, -0.2) is 15.7 Å². The molecule has 1 aromatic carbocycles. The summed E-state index contributed by atoms with van der Waals surface area (Å²) in [6.07, 6.45) is 0. The summed E-state index contributed by atoms with van der Waals surface area (Å²) in [6, 6.07) is 9.62. The summed E-state index contributed by atoms with van der Waals surface area (Å²) >= 11 is 0. The molecule has 0 fully saturated rings. The summed E-state index contributed by atoms with van der Waals surface area (Å²) in [7, 11) is 0. The van der Waals surface area contributed by atoms with Crippen molar-refractivity contribution in [3.05, 3.63) is 41.6 Å². The Labute approximate surface area is 118 Å². The van der Waals surface area contributed by atoms with E-state index in [-0.39, 0.29) is 12.5 Å². The maximum atomic E-state index is 11.9. The lowest BCUT2D eigenvalue weighted by atomic mass is 10.0. The predicted molar refractivity (Wildman–Crippen MR) is 80.5 cm³/mol. The van der Waals surface area contributed by atoms with E-state index in [4.69, 9.17) is 5.73 Å². The fourth-order valence-corrected chi connectivity index (χ4v) is 1.98. The highest BCUT2D eigenvalue weighted by Gasteiger charge is 2.08. The van der Waals surface area contributed by atoms with E-state index in [9.17, 15) is 4.79 Å². The molecular weight excluding hydrogens is 252 g/mol. The maximum absolute atomic E-state index is 11.9. The van der Waals surface area contributed by atoms with Crippen molar-refractivity contribution in [3.8, 4) is 0 Å². The van der Waals surface area contributed by atoms with Crippen LogP contribution in [-0.2, 0) is 11.3 Å². The van der Waals surface area contributed by atoms with Crippen LogP contribution in [0.4, 0.5) is 11.5 Å². The molecule has 0 bridgehead atoms. The number of nitrogen functional groups attached to an aromatic ring is 1. The van der Waals surface area contributed by atoms with Crippen molar-refractivity contribution in [1.82, 2.24) is 9.78 Å². The van der Waals surface area contributed by atoms with Gasteiger partial charge >= 0.3 is 0 Å². The van der Waals surface area contributed by atoms with E-state index in [0.717, 1.165) is 11.4 Å². The molecule has 2 aromatic rings. The molecule has 0 aliphatic rings. The summed E-state index contributed by atoms with van der Waals surface area (Å²) < 4.78 is 1.59. The zero-order valence-corrected chi connectivity index (χ0v) is 12.1. The first-order chi connectivity index (χ1) is 9.45. The van der Waals surface area contributed by atoms with E-state index >= 15 is 0 Å². The molecule has 3 N–H and O–H groups in total. The molecule has 0 aliphatic heterocycles. The van der Waals surface area contributed by atoms with E-state index in [1.807, 2.05) is 31.2 Å². The van der Waals surface area contributed by atoms with Crippen LogP contribution in [0.25, 0.3) is 0 Å². The van der Waals surface area contributed by atoms with E-state index in [2.05, 4.69) is 24.3 Å². The fraction of sp³-hybridized carbons (Fsp3) is 0.333. The number of carbonyl (C=O) groups is 1. The minimum atomic E-state index is -0.117. The van der Waals surface area contributed by atoms with Gasteiger partial charge in [-0.25, -0.2) is 0 Å². The second-order valence-corrected chi connectivity index (χ2v) is 5.19. The van der Waals surface area contributed by atoms with Gasteiger partial charge in [-0.1, -0.05) is 26.0 Å². The average molecular weight is 272 g/mol. The van der Waals surface area contributed by atoms with Crippen molar-refractivity contribution in [3.63, 3.8) is 0 Å². The summed E-state index contributed by atoms with van der Waals surface area (Å²) in [5.41, 5.74) is 8.50. The molecule has 0 unspecified atom stereocenters. The SMILES string of the molecule is Cc1cc(N)nn1CC(=O)Nc1ccc(C(C)C)cc1. The van der Waals surface area contributed by atoms with Gasteiger partial charge in [0.1, 0.15) is 12.4 Å². The molecule has 0 spiro atoms. The van der Waals surface area contributed by atoms with E-state index in [0.29, 0.717) is 11.7 Å². The summed E-state index contributed by atoms with van der Waals surface area (Å²) in [5.74, 6) is 0.791. The average Bonchev–Trinajstić information content (AvgIpc) is 2.68. The Balaban J connectivity index is 1.99. The maximum Gasteiger partial charge on any atom is 0.246 e. The molecule has 1 heterocycles. The minimum absolute atomic E-state index is 0.117. The third-order valence-electron chi connectivity index (χ3n) is 3.15. The summed E-state index contributed by atoms with van der Waals surface area (Å²) in [6.45, 7) is 6.31. The van der Waals surface area contributed by atoms with Crippen molar-refractivity contribution in [1.29, 1.82) is 0 Å². The molecule has 106 valence electrons. The largest absolute Gasteiger partial charge is 0.382 e. The van der Waals surface area contributed by atoms with Gasteiger partial charge in [0.15, 0.2) is 0 Å². The number of amides is 1. The van der Waals surface area contributed by atoms with Crippen LogP contribution in [0.15, 0.2) is 30.3 Å². The fourth-order valence-electron chi connectivity index (χ4n) is 1.98.